The normalized spacial score (nSPS) is 14.7. The third kappa shape index (κ3) is 3.19. The molecule has 0 saturated carbocycles. The highest BCUT2D eigenvalue weighted by atomic mass is 16.2. The predicted molar refractivity (Wildman–Crippen MR) is 89.8 cm³/mol. The van der Waals surface area contributed by atoms with Crippen molar-refractivity contribution in [1.29, 1.82) is 0 Å². The van der Waals surface area contributed by atoms with Gasteiger partial charge in [-0.15, -0.1) is 0 Å². The minimum Gasteiger partial charge on any atom is -0.275 e. The summed E-state index contributed by atoms with van der Waals surface area (Å²) in [6, 6.07) is 7.82. The molecular weight excluding hydrogens is 306 g/mol. The first-order valence-corrected chi connectivity index (χ1v) is 7.69. The summed E-state index contributed by atoms with van der Waals surface area (Å²) < 4.78 is 1.91. The molecule has 1 aromatic heterocycles. The Bertz CT molecular complexity index is 820. The highest BCUT2D eigenvalue weighted by Crippen LogP contribution is 2.14. The van der Waals surface area contributed by atoms with E-state index in [4.69, 9.17) is 0 Å². The number of nitrogens with zero attached hydrogens (tertiary/aromatic N) is 4. The summed E-state index contributed by atoms with van der Waals surface area (Å²) in [6.45, 7) is 6.54. The van der Waals surface area contributed by atoms with Gasteiger partial charge in [0, 0.05) is 11.3 Å². The Morgan fingerprint density at radius 2 is 1.92 bits per heavy atom. The Morgan fingerprint density at radius 3 is 2.54 bits per heavy atom. The molecule has 7 heteroatoms. The summed E-state index contributed by atoms with van der Waals surface area (Å²) in [5.41, 5.74) is 5.03. The molecule has 0 spiro atoms. The number of carbonyl (C=O) groups is 2. The van der Waals surface area contributed by atoms with Crippen LogP contribution in [0.5, 0.6) is 0 Å². The van der Waals surface area contributed by atoms with E-state index in [2.05, 4.69) is 46.7 Å². The van der Waals surface area contributed by atoms with Gasteiger partial charge in [-0.2, -0.15) is 10.2 Å². The summed E-state index contributed by atoms with van der Waals surface area (Å²) in [7, 11) is 0. The lowest BCUT2D eigenvalue weighted by molar-refractivity contribution is -0.118. The minimum absolute atomic E-state index is 0.0507. The molecule has 0 atom stereocenters. The van der Waals surface area contributed by atoms with E-state index in [0.29, 0.717) is 6.54 Å². The fourth-order valence-corrected chi connectivity index (χ4v) is 2.57. The van der Waals surface area contributed by atoms with Crippen molar-refractivity contribution in [3.8, 4) is 0 Å². The molecule has 124 valence electrons. The van der Waals surface area contributed by atoms with Crippen LogP contribution in [0.2, 0.25) is 0 Å². The second kappa shape index (κ2) is 6.27. The van der Waals surface area contributed by atoms with Crippen LogP contribution in [0.4, 0.5) is 4.79 Å². The molecule has 0 radical (unpaired) electrons. The fraction of sp³-hybridized carbons (Fsp3) is 0.294. The van der Waals surface area contributed by atoms with Crippen LogP contribution in [0.15, 0.2) is 29.4 Å². The van der Waals surface area contributed by atoms with Crippen LogP contribution in [0, 0.1) is 20.8 Å². The number of urea groups is 1. The summed E-state index contributed by atoms with van der Waals surface area (Å²) in [5.74, 6) is -0.347. The largest absolute Gasteiger partial charge is 0.344 e. The molecule has 24 heavy (non-hydrogen) atoms. The maximum absolute atomic E-state index is 11.5. The van der Waals surface area contributed by atoms with Crippen molar-refractivity contribution >= 4 is 18.2 Å². The number of nitrogens with one attached hydrogen (secondary N) is 1. The molecule has 1 fully saturated rings. The second-order valence-electron chi connectivity index (χ2n) is 5.88. The van der Waals surface area contributed by atoms with Crippen molar-refractivity contribution in [2.45, 2.75) is 27.3 Å². The first-order chi connectivity index (χ1) is 11.4. The van der Waals surface area contributed by atoms with Crippen molar-refractivity contribution < 1.29 is 9.59 Å². The number of carbonyl (C=O) groups excluding carboxylic acids is 2. The van der Waals surface area contributed by atoms with Crippen LogP contribution in [-0.2, 0) is 11.3 Å². The van der Waals surface area contributed by atoms with Gasteiger partial charge in [0.25, 0.3) is 0 Å². The number of hydrazone groups is 1. The average Bonchev–Trinajstić information content (AvgIpc) is 2.99. The fourth-order valence-electron chi connectivity index (χ4n) is 2.57. The number of amides is 3. The maximum atomic E-state index is 11.5. The molecule has 1 saturated heterocycles. The topological polar surface area (TPSA) is 79.6 Å². The first-order valence-electron chi connectivity index (χ1n) is 7.69. The molecular formula is C17H19N5O2. The molecule has 1 N–H and O–H groups in total. The highest BCUT2D eigenvalue weighted by molar-refractivity contribution is 6.02. The van der Waals surface area contributed by atoms with E-state index in [1.165, 1.54) is 11.1 Å². The summed E-state index contributed by atoms with van der Waals surface area (Å²) >= 11 is 0. The SMILES string of the molecule is Cc1ccc(Cn2nc(C)c(C=NN3CC(=O)NC3=O)c2C)cc1. The van der Waals surface area contributed by atoms with Gasteiger partial charge >= 0.3 is 6.03 Å². The molecule has 0 unspecified atom stereocenters. The smallest absolute Gasteiger partial charge is 0.275 e. The molecule has 1 aliphatic rings. The van der Waals surface area contributed by atoms with Gasteiger partial charge in [-0.05, 0) is 26.3 Å². The number of aromatic nitrogens is 2. The second-order valence-corrected chi connectivity index (χ2v) is 5.88. The van der Waals surface area contributed by atoms with Gasteiger partial charge in [0.05, 0.1) is 18.5 Å². The zero-order valence-electron chi connectivity index (χ0n) is 13.9. The number of rotatable bonds is 4. The Labute approximate surface area is 140 Å². The van der Waals surface area contributed by atoms with Crippen LogP contribution in [0.1, 0.15) is 28.1 Å². The monoisotopic (exact) mass is 325 g/mol. The number of benzene rings is 1. The lowest BCUT2D eigenvalue weighted by Crippen LogP contribution is -2.24. The van der Waals surface area contributed by atoms with Gasteiger partial charge in [0.15, 0.2) is 0 Å². The van der Waals surface area contributed by atoms with Gasteiger partial charge in [-0.3, -0.25) is 14.8 Å². The molecule has 2 heterocycles. The lowest BCUT2D eigenvalue weighted by Gasteiger charge is -2.06. The minimum atomic E-state index is -0.501. The zero-order valence-corrected chi connectivity index (χ0v) is 13.9. The zero-order chi connectivity index (χ0) is 17.3. The summed E-state index contributed by atoms with van der Waals surface area (Å²) in [5, 5.41) is 11.9. The third-order valence-corrected chi connectivity index (χ3v) is 3.99. The van der Waals surface area contributed by atoms with Crippen molar-refractivity contribution in [3.05, 3.63) is 52.3 Å². The standard InChI is InChI=1S/C17H19N5O2/c1-11-4-6-14(7-5-11)9-21-13(3)15(12(2)20-21)8-18-22-10-16(23)19-17(22)24/h4-8H,9-10H2,1-3H3,(H,19,23,24). The van der Waals surface area contributed by atoms with Gasteiger partial charge in [0.1, 0.15) is 6.54 Å². The molecule has 2 aromatic rings. The number of aryl methyl sites for hydroxylation is 2. The number of hydrogen-bond acceptors (Lipinski definition) is 4. The van der Waals surface area contributed by atoms with Gasteiger partial charge < -0.3 is 0 Å². The van der Waals surface area contributed by atoms with Crippen molar-refractivity contribution in [3.63, 3.8) is 0 Å². The molecule has 0 aliphatic carbocycles. The molecule has 0 bridgehead atoms. The van der Waals surface area contributed by atoms with E-state index in [-0.39, 0.29) is 12.5 Å². The Morgan fingerprint density at radius 1 is 1.21 bits per heavy atom. The Hall–Kier alpha value is -2.96. The van der Waals surface area contributed by atoms with Crippen LogP contribution in [0.3, 0.4) is 0 Å². The molecule has 1 aromatic carbocycles. The Balaban J connectivity index is 1.80. The van der Waals surface area contributed by atoms with E-state index in [9.17, 15) is 9.59 Å². The van der Waals surface area contributed by atoms with Gasteiger partial charge in [-0.1, -0.05) is 29.8 Å². The van der Waals surface area contributed by atoms with E-state index in [1.807, 2.05) is 18.5 Å². The van der Waals surface area contributed by atoms with Gasteiger partial charge in [-0.25, -0.2) is 9.80 Å². The van der Waals surface area contributed by atoms with Crippen LogP contribution < -0.4 is 5.32 Å². The van der Waals surface area contributed by atoms with E-state index < -0.39 is 6.03 Å². The van der Waals surface area contributed by atoms with Crippen LogP contribution >= 0.6 is 0 Å². The van der Waals surface area contributed by atoms with Crippen molar-refractivity contribution in [2.75, 3.05) is 6.54 Å². The molecule has 3 rings (SSSR count). The van der Waals surface area contributed by atoms with Crippen LogP contribution in [0.25, 0.3) is 0 Å². The lowest BCUT2D eigenvalue weighted by atomic mass is 10.1. The highest BCUT2D eigenvalue weighted by Gasteiger charge is 2.26. The number of hydrogen-bond donors (Lipinski definition) is 1. The van der Waals surface area contributed by atoms with Crippen molar-refractivity contribution in [1.82, 2.24) is 20.1 Å². The summed E-state index contributed by atoms with van der Waals surface area (Å²) in [4.78, 5) is 22.7. The Kier molecular flexibility index (Phi) is 4.16. The maximum Gasteiger partial charge on any atom is 0.344 e. The molecule has 1 aliphatic heterocycles. The van der Waals surface area contributed by atoms with E-state index in [1.54, 1.807) is 6.21 Å². The quantitative estimate of drug-likeness (QED) is 0.687. The molecule has 3 amide bonds. The summed E-state index contributed by atoms with van der Waals surface area (Å²) in [6.07, 6.45) is 1.58. The first kappa shape index (κ1) is 15.9. The third-order valence-electron chi connectivity index (χ3n) is 3.99. The number of imide groups is 1. The van der Waals surface area contributed by atoms with E-state index >= 15 is 0 Å². The van der Waals surface area contributed by atoms with Crippen molar-refractivity contribution in [2.24, 2.45) is 5.10 Å². The van der Waals surface area contributed by atoms with Crippen LogP contribution in [-0.4, -0.2) is 39.5 Å². The average molecular weight is 325 g/mol. The van der Waals surface area contributed by atoms with E-state index in [0.717, 1.165) is 22.0 Å². The predicted octanol–water partition coefficient (Wildman–Crippen LogP) is 1.74. The molecule has 7 nitrogen and oxygen atoms in total. The van der Waals surface area contributed by atoms with Gasteiger partial charge in [0.2, 0.25) is 5.91 Å².